The lowest BCUT2D eigenvalue weighted by molar-refractivity contribution is -0.870. The van der Waals surface area contributed by atoms with Crippen molar-refractivity contribution in [3.8, 4) is 0 Å². The largest absolute Gasteiger partial charge is 0.756 e. The molecule has 0 aromatic rings. The maximum absolute atomic E-state index is 13.1. The molecule has 0 radical (unpaired) electrons. The molecule has 0 aliphatic carbocycles. The van der Waals surface area contributed by atoms with E-state index in [2.05, 4.69) is 55.6 Å². The van der Waals surface area contributed by atoms with Gasteiger partial charge in [0.25, 0.3) is 7.82 Å². The van der Waals surface area contributed by atoms with E-state index in [4.69, 9.17) is 9.05 Å². The molecule has 2 N–H and O–H groups in total. The molecule has 89 heavy (non-hydrogen) atoms. The third kappa shape index (κ3) is 73.7. The average Bonchev–Trinajstić information content (AvgIpc) is 3.55. The molecule has 0 aromatic heterocycles. The second kappa shape index (κ2) is 70.8. The highest BCUT2D eigenvalue weighted by Gasteiger charge is 2.23. The van der Waals surface area contributed by atoms with Crippen molar-refractivity contribution in [2.45, 2.75) is 418 Å². The SMILES string of the molecule is CCCCCCC/C=C\C/C=C\C/C=C\CCCCCCCCCCCCCCCCCCCCCCCCCCC(=O)NC(COP(=O)([O-])OCC[N+](C)(C)C)C(O)/C=C/CCCCCCCCCCCCCCCCCCCCCCCCCCCC. The summed E-state index contributed by atoms with van der Waals surface area (Å²) in [5.74, 6) is -0.189. The first kappa shape index (κ1) is 87.5. The highest BCUT2D eigenvalue weighted by molar-refractivity contribution is 7.45. The van der Waals surface area contributed by atoms with Crippen molar-refractivity contribution in [2.24, 2.45) is 0 Å². The van der Waals surface area contributed by atoms with E-state index in [1.54, 1.807) is 6.08 Å². The first-order valence-electron chi connectivity index (χ1n) is 39.5. The molecule has 9 heteroatoms. The van der Waals surface area contributed by atoms with E-state index in [1.165, 1.54) is 334 Å². The van der Waals surface area contributed by atoms with Gasteiger partial charge in [0.1, 0.15) is 13.2 Å². The maximum Gasteiger partial charge on any atom is 0.268 e. The van der Waals surface area contributed by atoms with E-state index in [0.717, 1.165) is 51.4 Å². The van der Waals surface area contributed by atoms with Crippen LogP contribution in [0.4, 0.5) is 0 Å². The highest BCUT2D eigenvalue weighted by atomic mass is 31.2. The smallest absolute Gasteiger partial charge is 0.268 e. The van der Waals surface area contributed by atoms with Crippen molar-refractivity contribution in [3.63, 3.8) is 0 Å². The van der Waals surface area contributed by atoms with Crippen molar-refractivity contribution in [2.75, 3.05) is 40.9 Å². The fourth-order valence-corrected chi connectivity index (χ4v) is 12.9. The van der Waals surface area contributed by atoms with Crippen LogP contribution in [-0.2, 0) is 18.4 Å². The predicted molar refractivity (Wildman–Crippen MR) is 390 cm³/mol. The number of aliphatic hydroxyl groups is 1. The molecule has 0 fully saturated rings. The van der Waals surface area contributed by atoms with Gasteiger partial charge in [-0.25, -0.2) is 0 Å². The molecular weight excluding hydrogens is 1120 g/mol. The molecular formula is C80H155N2O6P. The van der Waals surface area contributed by atoms with Gasteiger partial charge in [-0.1, -0.05) is 390 Å². The number of rotatable bonds is 74. The van der Waals surface area contributed by atoms with Crippen LogP contribution in [0.15, 0.2) is 48.6 Å². The lowest BCUT2D eigenvalue weighted by Crippen LogP contribution is -2.45. The number of aliphatic hydroxyl groups excluding tert-OH is 1. The van der Waals surface area contributed by atoms with Gasteiger partial charge >= 0.3 is 0 Å². The number of carbonyl (C=O) groups is 1. The van der Waals surface area contributed by atoms with Crippen molar-refractivity contribution in [1.29, 1.82) is 0 Å². The Morgan fingerprint density at radius 2 is 0.652 bits per heavy atom. The summed E-state index contributed by atoms with van der Waals surface area (Å²) < 4.78 is 23.5. The van der Waals surface area contributed by atoms with Crippen LogP contribution in [0.25, 0.3) is 0 Å². The lowest BCUT2D eigenvalue weighted by Gasteiger charge is -2.29. The van der Waals surface area contributed by atoms with E-state index >= 15 is 0 Å². The molecule has 8 nitrogen and oxygen atoms in total. The van der Waals surface area contributed by atoms with Crippen LogP contribution in [0.2, 0.25) is 0 Å². The minimum atomic E-state index is -4.61. The number of allylic oxidation sites excluding steroid dienone is 7. The van der Waals surface area contributed by atoms with E-state index in [0.29, 0.717) is 17.4 Å². The van der Waals surface area contributed by atoms with Gasteiger partial charge in [-0.2, -0.15) is 0 Å². The van der Waals surface area contributed by atoms with Crippen LogP contribution in [0, 0.1) is 0 Å². The Morgan fingerprint density at radius 3 is 0.944 bits per heavy atom. The van der Waals surface area contributed by atoms with Crippen molar-refractivity contribution < 1.29 is 32.9 Å². The Bertz CT molecular complexity index is 1590. The number of unbranched alkanes of at least 4 members (excludes halogenated alkanes) is 55. The zero-order valence-electron chi connectivity index (χ0n) is 60.4. The minimum absolute atomic E-state index is 0.00111. The number of hydrogen-bond donors (Lipinski definition) is 2. The number of amides is 1. The summed E-state index contributed by atoms with van der Waals surface area (Å²) in [7, 11) is 1.28. The normalized spacial score (nSPS) is 13.7. The maximum atomic E-state index is 13.1. The fraction of sp³-hybridized carbons (Fsp3) is 0.887. The highest BCUT2D eigenvalue weighted by Crippen LogP contribution is 2.38. The van der Waals surface area contributed by atoms with Crippen LogP contribution >= 0.6 is 7.82 Å². The second-order valence-corrected chi connectivity index (χ2v) is 29.8. The fourth-order valence-electron chi connectivity index (χ4n) is 12.2. The number of quaternary nitrogens is 1. The number of phosphoric ester groups is 1. The van der Waals surface area contributed by atoms with Crippen LogP contribution in [0.1, 0.15) is 406 Å². The number of nitrogens with zero attached hydrogens (tertiary/aromatic N) is 1. The topological polar surface area (TPSA) is 108 Å². The van der Waals surface area contributed by atoms with Gasteiger partial charge in [0.2, 0.25) is 5.91 Å². The lowest BCUT2D eigenvalue weighted by atomic mass is 10.0. The van der Waals surface area contributed by atoms with Gasteiger partial charge in [-0.3, -0.25) is 9.36 Å². The number of hydrogen-bond acceptors (Lipinski definition) is 6. The number of carbonyl (C=O) groups excluding carboxylic acids is 1. The zero-order chi connectivity index (χ0) is 64.8. The summed E-state index contributed by atoms with van der Waals surface area (Å²) in [6.45, 7) is 4.70. The molecule has 0 aromatic carbocycles. The van der Waals surface area contributed by atoms with E-state index in [9.17, 15) is 19.4 Å². The van der Waals surface area contributed by atoms with Gasteiger partial charge in [-0.05, 0) is 57.8 Å². The molecule has 0 bridgehead atoms. The minimum Gasteiger partial charge on any atom is -0.756 e. The Labute approximate surface area is 556 Å². The summed E-state index contributed by atoms with van der Waals surface area (Å²) in [5.41, 5.74) is 0. The van der Waals surface area contributed by atoms with Crippen molar-refractivity contribution in [1.82, 2.24) is 5.32 Å². The summed E-state index contributed by atoms with van der Waals surface area (Å²) >= 11 is 0. The molecule has 0 heterocycles. The molecule has 3 atom stereocenters. The molecule has 0 aliphatic heterocycles. The third-order valence-corrected chi connectivity index (χ3v) is 19.2. The number of likely N-dealkylation sites (N-methyl/N-ethyl adjacent to an activating group) is 1. The monoisotopic (exact) mass is 1270 g/mol. The van der Waals surface area contributed by atoms with Gasteiger partial charge < -0.3 is 28.8 Å². The molecule has 0 rings (SSSR count). The van der Waals surface area contributed by atoms with Gasteiger partial charge in [0.15, 0.2) is 0 Å². The first-order valence-corrected chi connectivity index (χ1v) is 41.0. The Hall–Kier alpha value is -1.54. The van der Waals surface area contributed by atoms with Gasteiger partial charge in [0.05, 0.1) is 39.9 Å². The van der Waals surface area contributed by atoms with Gasteiger partial charge in [0, 0.05) is 6.42 Å². The Balaban J connectivity index is 3.94. The zero-order valence-corrected chi connectivity index (χ0v) is 61.3. The summed E-state index contributed by atoms with van der Waals surface area (Å²) in [5, 5.41) is 14.0. The van der Waals surface area contributed by atoms with Crippen LogP contribution < -0.4 is 10.2 Å². The van der Waals surface area contributed by atoms with E-state index in [1.807, 2.05) is 27.2 Å². The van der Waals surface area contributed by atoms with Crippen LogP contribution in [0.5, 0.6) is 0 Å². The average molecular weight is 1270 g/mol. The van der Waals surface area contributed by atoms with E-state index in [-0.39, 0.29) is 19.1 Å². The molecule has 0 spiro atoms. The Kier molecular flexibility index (Phi) is 69.5. The number of phosphoric acid groups is 1. The molecule has 0 aliphatic rings. The van der Waals surface area contributed by atoms with Crippen LogP contribution in [0.3, 0.4) is 0 Å². The predicted octanol–water partition coefficient (Wildman–Crippen LogP) is 25.1. The van der Waals surface area contributed by atoms with Crippen molar-refractivity contribution in [3.05, 3.63) is 48.6 Å². The Morgan fingerprint density at radius 1 is 0.393 bits per heavy atom. The van der Waals surface area contributed by atoms with E-state index < -0.39 is 20.0 Å². The molecule has 3 unspecified atom stereocenters. The molecule has 0 saturated heterocycles. The standard InChI is InChI=1S/C80H155N2O6P/c1-6-8-10-12-14-16-18-20-22-24-26-28-30-32-34-36-37-38-39-40-41-42-43-44-45-46-48-50-52-54-56-58-60-62-64-66-68-70-72-74-80(84)81-78(77-88-89(85,86)87-76-75-82(3,4)5)79(83)73-71-69-67-65-63-61-59-57-55-53-51-49-47-35-33-31-29-27-25-23-21-19-17-15-13-11-9-7-2/h18,20,24,26,30,32,71,73,78-79,83H,6-17,19,21-23,25,27-29,31,33-70,72,74-77H2,1-5H3,(H-,81,84,85,86)/b20-18-,26-24-,32-30-,73-71+. The first-order chi connectivity index (χ1) is 43.5. The third-order valence-electron chi connectivity index (χ3n) is 18.3. The van der Waals surface area contributed by atoms with Crippen molar-refractivity contribution >= 4 is 13.7 Å². The van der Waals surface area contributed by atoms with Gasteiger partial charge in [-0.15, -0.1) is 0 Å². The molecule has 0 saturated carbocycles. The quantitative estimate of drug-likeness (QED) is 0.0272. The summed E-state index contributed by atoms with van der Waals surface area (Å²) in [6, 6.07) is -0.887. The summed E-state index contributed by atoms with van der Waals surface area (Å²) in [6.07, 6.45) is 97.0. The van der Waals surface area contributed by atoms with Crippen LogP contribution in [-0.4, -0.2) is 68.5 Å². The second-order valence-electron chi connectivity index (χ2n) is 28.4. The number of nitrogens with one attached hydrogen (secondary N) is 1. The molecule has 526 valence electrons. The summed E-state index contributed by atoms with van der Waals surface area (Å²) in [4.78, 5) is 25.7. The molecule has 1 amide bonds.